The van der Waals surface area contributed by atoms with Crippen LogP contribution in [0.2, 0.25) is 0 Å². The van der Waals surface area contributed by atoms with Crippen LogP contribution in [0.5, 0.6) is 0 Å². The fourth-order valence-corrected chi connectivity index (χ4v) is 3.86. The zero-order valence-electron chi connectivity index (χ0n) is 10.4. The van der Waals surface area contributed by atoms with Crippen molar-refractivity contribution in [3.05, 3.63) is 54.6 Å². The van der Waals surface area contributed by atoms with Crippen LogP contribution in [0.3, 0.4) is 0 Å². The highest BCUT2D eigenvalue weighted by Gasteiger charge is 2.16. The molecule has 0 bridgehead atoms. The van der Waals surface area contributed by atoms with Crippen LogP contribution in [0.15, 0.2) is 54.6 Å². The van der Waals surface area contributed by atoms with E-state index in [0.29, 0.717) is 0 Å². The van der Waals surface area contributed by atoms with Crippen molar-refractivity contribution in [1.82, 2.24) is 0 Å². The van der Waals surface area contributed by atoms with E-state index in [9.17, 15) is 0 Å². The van der Waals surface area contributed by atoms with Crippen molar-refractivity contribution in [2.24, 2.45) is 7.05 Å². The molecule has 0 aliphatic rings. The number of pyridine rings is 1. The quantitative estimate of drug-likeness (QED) is 0.319. The summed E-state index contributed by atoms with van der Waals surface area (Å²) in [7, 11) is 2.16. The standard InChI is InChI=1S/C16H12NS.HI/c1-17-13-8-4-2-6-11(13)10-15-16(17)12-7-3-5-9-14(12)18-15;/h2-10H,1H3;1H/q+1;/p-1. The molecule has 0 aliphatic carbocycles. The minimum absolute atomic E-state index is 0. The number of thiophene rings is 1. The third-order valence-corrected chi connectivity index (χ3v) is 4.62. The van der Waals surface area contributed by atoms with E-state index in [0.717, 1.165) is 0 Å². The van der Waals surface area contributed by atoms with Crippen molar-refractivity contribution < 1.29 is 28.5 Å². The lowest BCUT2D eigenvalue weighted by Gasteiger charge is -1.98. The molecule has 2 aromatic carbocycles. The predicted molar refractivity (Wildman–Crippen MR) is 78.0 cm³/mol. The van der Waals surface area contributed by atoms with Crippen LogP contribution in [0.1, 0.15) is 0 Å². The first-order valence-corrected chi connectivity index (χ1v) is 6.85. The maximum Gasteiger partial charge on any atom is 0.231 e. The highest BCUT2D eigenvalue weighted by molar-refractivity contribution is 7.25. The second kappa shape index (κ2) is 4.72. The molecule has 0 atom stereocenters. The first-order chi connectivity index (χ1) is 8.84. The molecular weight excluding hydrogens is 365 g/mol. The Hall–Kier alpha value is -1.20. The van der Waals surface area contributed by atoms with Gasteiger partial charge in [0.05, 0.1) is 5.39 Å². The van der Waals surface area contributed by atoms with Gasteiger partial charge in [-0.25, -0.2) is 0 Å². The lowest BCUT2D eigenvalue weighted by atomic mass is 10.1. The zero-order chi connectivity index (χ0) is 12.1. The molecular formula is C16H12INS. The van der Waals surface area contributed by atoms with Gasteiger partial charge in [-0.15, -0.1) is 11.3 Å². The van der Waals surface area contributed by atoms with Crippen LogP contribution < -0.4 is 28.5 Å². The molecule has 94 valence electrons. The van der Waals surface area contributed by atoms with Gasteiger partial charge in [-0.2, -0.15) is 4.57 Å². The third-order valence-electron chi connectivity index (χ3n) is 3.52. The van der Waals surface area contributed by atoms with Gasteiger partial charge < -0.3 is 24.0 Å². The fourth-order valence-electron chi connectivity index (χ4n) is 2.67. The van der Waals surface area contributed by atoms with E-state index >= 15 is 0 Å². The van der Waals surface area contributed by atoms with E-state index in [2.05, 4.69) is 66.2 Å². The summed E-state index contributed by atoms with van der Waals surface area (Å²) in [6, 6.07) is 19.5. The van der Waals surface area contributed by atoms with Crippen molar-refractivity contribution >= 4 is 42.5 Å². The smallest absolute Gasteiger partial charge is 0.231 e. The number of para-hydroxylation sites is 1. The summed E-state index contributed by atoms with van der Waals surface area (Å²) in [6.07, 6.45) is 0. The van der Waals surface area contributed by atoms with Crippen molar-refractivity contribution in [3.63, 3.8) is 0 Å². The Balaban J connectivity index is 0.00000110. The Labute approximate surface area is 132 Å². The Morgan fingerprint density at radius 2 is 1.63 bits per heavy atom. The first-order valence-electron chi connectivity index (χ1n) is 6.03. The summed E-state index contributed by atoms with van der Waals surface area (Å²) in [4.78, 5) is 0. The number of rotatable bonds is 0. The van der Waals surface area contributed by atoms with Gasteiger partial charge in [0.15, 0.2) is 0 Å². The average molecular weight is 377 g/mol. The molecule has 2 aromatic heterocycles. The number of fused-ring (bicyclic) bond motifs is 4. The molecule has 0 saturated carbocycles. The number of hydrogen-bond donors (Lipinski definition) is 0. The average Bonchev–Trinajstić information content (AvgIpc) is 2.77. The van der Waals surface area contributed by atoms with Gasteiger partial charge in [0.2, 0.25) is 11.0 Å². The zero-order valence-corrected chi connectivity index (χ0v) is 13.4. The second-order valence-electron chi connectivity index (χ2n) is 4.57. The van der Waals surface area contributed by atoms with E-state index in [-0.39, 0.29) is 24.0 Å². The predicted octanol–water partition coefficient (Wildman–Crippen LogP) is 1.04. The Morgan fingerprint density at radius 3 is 2.53 bits per heavy atom. The van der Waals surface area contributed by atoms with Gasteiger partial charge in [0.25, 0.3) is 0 Å². The Bertz CT molecular complexity index is 895. The summed E-state index contributed by atoms with van der Waals surface area (Å²) in [5, 5.41) is 2.66. The number of aryl methyl sites for hydroxylation is 1. The molecule has 2 heterocycles. The molecule has 0 aliphatic heterocycles. The summed E-state index contributed by atoms with van der Waals surface area (Å²) in [5.74, 6) is 0. The molecule has 0 saturated heterocycles. The molecule has 3 heteroatoms. The molecule has 0 unspecified atom stereocenters. The molecule has 0 N–H and O–H groups in total. The molecule has 0 radical (unpaired) electrons. The topological polar surface area (TPSA) is 3.88 Å². The van der Waals surface area contributed by atoms with Gasteiger partial charge in [-0.1, -0.05) is 24.3 Å². The molecule has 0 fully saturated rings. The molecule has 4 aromatic rings. The van der Waals surface area contributed by atoms with E-state index < -0.39 is 0 Å². The number of halogens is 1. The molecule has 4 rings (SSSR count). The lowest BCUT2D eigenvalue weighted by Crippen LogP contribution is -3.00. The molecule has 19 heavy (non-hydrogen) atoms. The number of hydrogen-bond acceptors (Lipinski definition) is 1. The maximum atomic E-state index is 2.31. The SMILES string of the molecule is C[n+]1c2ccccc2cc2sc3ccccc3c21.[I-]. The van der Waals surface area contributed by atoms with Crippen LogP contribution in [-0.2, 0) is 7.05 Å². The van der Waals surface area contributed by atoms with Crippen molar-refractivity contribution in [2.75, 3.05) is 0 Å². The van der Waals surface area contributed by atoms with E-state index in [1.807, 2.05) is 11.3 Å². The normalized spacial score (nSPS) is 11.0. The fraction of sp³-hybridized carbons (Fsp3) is 0.0625. The highest BCUT2D eigenvalue weighted by atomic mass is 127. The molecule has 0 amide bonds. The third kappa shape index (κ3) is 1.83. The molecule has 0 spiro atoms. The number of nitrogens with zero attached hydrogens (tertiary/aromatic N) is 1. The van der Waals surface area contributed by atoms with Crippen LogP contribution in [0, 0.1) is 0 Å². The number of benzene rings is 2. The van der Waals surface area contributed by atoms with Gasteiger partial charge in [-0.05, 0) is 24.3 Å². The van der Waals surface area contributed by atoms with Gasteiger partial charge >= 0.3 is 0 Å². The van der Waals surface area contributed by atoms with Crippen LogP contribution in [0.4, 0.5) is 0 Å². The van der Waals surface area contributed by atoms with Crippen molar-refractivity contribution in [1.29, 1.82) is 0 Å². The maximum absolute atomic E-state index is 2.31. The van der Waals surface area contributed by atoms with Crippen LogP contribution >= 0.6 is 11.3 Å². The minimum atomic E-state index is 0. The highest BCUT2D eigenvalue weighted by Crippen LogP contribution is 2.32. The van der Waals surface area contributed by atoms with Crippen molar-refractivity contribution in [3.8, 4) is 0 Å². The lowest BCUT2D eigenvalue weighted by molar-refractivity contribution is -0.616. The van der Waals surface area contributed by atoms with E-state index in [1.54, 1.807) is 0 Å². The molecule has 1 nitrogen and oxygen atoms in total. The Kier molecular flexibility index (Phi) is 3.19. The van der Waals surface area contributed by atoms with E-state index in [4.69, 9.17) is 0 Å². The summed E-state index contributed by atoms with van der Waals surface area (Å²) < 4.78 is 5.03. The minimum Gasteiger partial charge on any atom is -1.00 e. The first kappa shape index (κ1) is 12.8. The Morgan fingerprint density at radius 1 is 0.895 bits per heavy atom. The number of aromatic nitrogens is 1. The van der Waals surface area contributed by atoms with Gasteiger partial charge in [0.1, 0.15) is 11.7 Å². The second-order valence-corrected chi connectivity index (χ2v) is 5.66. The van der Waals surface area contributed by atoms with E-state index in [1.165, 1.54) is 31.2 Å². The van der Waals surface area contributed by atoms with Gasteiger partial charge in [-0.3, -0.25) is 0 Å². The summed E-state index contributed by atoms with van der Waals surface area (Å²) in [5.41, 5.74) is 2.63. The van der Waals surface area contributed by atoms with Crippen LogP contribution in [-0.4, -0.2) is 0 Å². The van der Waals surface area contributed by atoms with Crippen LogP contribution in [0.25, 0.3) is 31.2 Å². The van der Waals surface area contributed by atoms with Crippen molar-refractivity contribution in [2.45, 2.75) is 0 Å². The summed E-state index contributed by atoms with van der Waals surface area (Å²) in [6.45, 7) is 0. The summed E-state index contributed by atoms with van der Waals surface area (Å²) >= 11 is 1.87. The largest absolute Gasteiger partial charge is 1.00 e. The monoisotopic (exact) mass is 377 g/mol. The van der Waals surface area contributed by atoms with Gasteiger partial charge in [0, 0.05) is 16.2 Å².